The van der Waals surface area contributed by atoms with Crippen LogP contribution in [-0.4, -0.2) is 16.8 Å². The van der Waals surface area contributed by atoms with Crippen molar-refractivity contribution in [3.63, 3.8) is 0 Å². The average Bonchev–Trinajstić information content (AvgIpc) is 2.23. The number of carbonyl (C=O) groups is 1. The van der Waals surface area contributed by atoms with Crippen LogP contribution in [0, 0.1) is 5.41 Å². The van der Waals surface area contributed by atoms with E-state index in [9.17, 15) is 4.79 Å². The van der Waals surface area contributed by atoms with Gasteiger partial charge in [-0.05, 0) is 19.3 Å². The van der Waals surface area contributed by atoms with E-state index in [0.29, 0.717) is 25.0 Å². The molecule has 0 bridgehead atoms. The van der Waals surface area contributed by atoms with E-state index >= 15 is 0 Å². The van der Waals surface area contributed by atoms with E-state index in [4.69, 9.17) is 10.5 Å². The Kier molecular flexibility index (Phi) is 7.47. The lowest BCUT2D eigenvalue weighted by Crippen LogP contribution is -1.95. The zero-order chi connectivity index (χ0) is 12.4. The molecule has 0 heterocycles. The number of aliphatic carboxylic acids is 1. The second-order valence-electron chi connectivity index (χ2n) is 3.29. The minimum absolute atomic E-state index is 0.113. The van der Waals surface area contributed by atoms with Gasteiger partial charge in [0.15, 0.2) is 0 Å². The second-order valence-corrected chi connectivity index (χ2v) is 3.29. The molecule has 0 saturated carbocycles. The topological polar surface area (TPSA) is 61.2 Å². The maximum absolute atomic E-state index is 10.4. The molecule has 0 aliphatic rings. The molecule has 86 valence electrons. The molecule has 0 rings (SSSR count). The zero-order valence-electron chi connectivity index (χ0n) is 9.33. The highest BCUT2D eigenvalue weighted by Gasteiger charge is 1.99. The molecular formula is C13H17NO2. The summed E-state index contributed by atoms with van der Waals surface area (Å²) >= 11 is 0. The molecule has 0 saturated heterocycles. The highest BCUT2D eigenvalue weighted by atomic mass is 16.4. The number of carboxylic acids is 1. The van der Waals surface area contributed by atoms with Crippen LogP contribution in [0.3, 0.4) is 0 Å². The van der Waals surface area contributed by atoms with Gasteiger partial charge in [-0.25, -0.2) is 0 Å². The van der Waals surface area contributed by atoms with E-state index in [1.165, 1.54) is 6.08 Å². The van der Waals surface area contributed by atoms with Gasteiger partial charge in [0.25, 0.3) is 0 Å². The normalized spacial score (nSPS) is 10.4. The van der Waals surface area contributed by atoms with Crippen LogP contribution in [-0.2, 0) is 4.79 Å². The van der Waals surface area contributed by atoms with Gasteiger partial charge in [-0.15, -0.1) is 5.73 Å². The zero-order valence-corrected chi connectivity index (χ0v) is 9.33. The Morgan fingerprint density at radius 3 is 2.56 bits per heavy atom. The van der Waals surface area contributed by atoms with Gasteiger partial charge >= 0.3 is 5.97 Å². The molecule has 0 atom stereocenters. The van der Waals surface area contributed by atoms with Crippen molar-refractivity contribution in [2.24, 2.45) is 0 Å². The third-order valence-corrected chi connectivity index (χ3v) is 1.99. The molecule has 0 aromatic heterocycles. The van der Waals surface area contributed by atoms with Crippen LogP contribution < -0.4 is 0 Å². The summed E-state index contributed by atoms with van der Waals surface area (Å²) in [5.74, 6) is -0.810. The fraction of sp³-hybridized carbons (Fsp3) is 0.308. The first-order chi connectivity index (χ1) is 7.60. The number of nitrogens with one attached hydrogen (secondary N) is 1. The number of hydrogen-bond donors (Lipinski definition) is 2. The van der Waals surface area contributed by atoms with Crippen LogP contribution in [0.1, 0.15) is 25.7 Å². The van der Waals surface area contributed by atoms with Gasteiger partial charge in [0.05, 0.1) is 0 Å². The average molecular weight is 219 g/mol. The summed E-state index contributed by atoms with van der Waals surface area (Å²) < 4.78 is 0. The first-order valence-corrected chi connectivity index (χ1v) is 5.06. The molecule has 0 amide bonds. The largest absolute Gasteiger partial charge is 0.481 e. The van der Waals surface area contributed by atoms with Crippen molar-refractivity contribution in [2.45, 2.75) is 25.7 Å². The van der Waals surface area contributed by atoms with E-state index in [0.717, 1.165) is 5.57 Å². The molecule has 0 aromatic carbocycles. The molecule has 16 heavy (non-hydrogen) atoms. The lowest BCUT2D eigenvalue weighted by Gasteiger charge is -1.99. The Morgan fingerprint density at radius 1 is 1.38 bits per heavy atom. The summed E-state index contributed by atoms with van der Waals surface area (Å²) in [6, 6.07) is 0. The van der Waals surface area contributed by atoms with Crippen LogP contribution in [0.2, 0.25) is 0 Å². The van der Waals surface area contributed by atoms with Gasteiger partial charge in [0.2, 0.25) is 0 Å². The molecule has 0 aliphatic heterocycles. The third kappa shape index (κ3) is 7.54. The van der Waals surface area contributed by atoms with Crippen molar-refractivity contribution in [1.82, 2.24) is 0 Å². The SMILES string of the molecule is C=C=CC(=N)CCC=C(C=C)CCC(=O)O. The first-order valence-electron chi connectivity index (χ1n) is 5.06. The van der Waals surface area contributed by atoms with Crippen LogP contribution in [0.25, 0.3) is 0 Å². The molecule has 0 unspecified atom stereocenters. The maximum Gasteiger partial charge on any atom is 0.303 e. The summed E-state index contributed by atoms with van der Waals surface area (Å²) in [7, 11) is 0. The molecule has 0 aliphatic carbocycles. The Bertz CT molecular complexity index is 347. The fourth-order valence-electron chi connectivity index (χ4n) is 1.15. The lowest BCUT2D eigenvalue weighted by molar-refractivity contribution is -0.136. The summed E-state index contributed by atoms with van der Waals surface area (Å²) in [6.07, 6.45) is 7.02. The molecule has 3 heteroatoms. The molecule has 0 radical (unpaired) electrons. The van der Waals surface area contributed by atoms with Gasteiger partial charge in [0, 0.05) is 18.2 Å². The summed E-state index contributed by atoms with van der Waals surface area (Å²) in [5.41, 5.74) is 3.92. The first kappa shape index (κ1) is 14.1. The van der Waals surface area contributed by atoms with Crippen molar-refractivity contribution >= 4 is 11.7 Å². The predicted octanol–water partition coefficient (Wildman–Crippen LogP) is 3.10. The van der Waals surface area contributed by atoms with Crippen molar-refractivity contribution in [3.05, 3.63) is 42.7 Å². The van der Waals surface area contributed by atoms with E-state index < -0.39 is 5.97 Å². The minimum Gasteiger partial charge on any atom is -0.481 e. The molecule has 0 aromatic rings. The van der Waals surface area contributed by atoms with Crippen LogP contribution in [0.5, 0.6) is 0 Å². The van der Waals surface area contributed by atoms with Crippen LogP contribution in [0.15, 0.2) is 42.7 Å². The van der Waals surface area contributed by atoms with Crippen molar-refractivity contribution in [3.8, 4) is 0 Å². The predicted molar refractivity (Wildman–Crippen MR) is 65.8 cm³/mol. The van der Waals surface area contributed by atoms with E-state index in [-0.39, 0.29) is 6.42 Å². The van der Waals surface area contributed by atoms with Gasteiger partial charge < -0.3 is 10.5 Å². The quantitative estimate of drug-likeness (QED) is 0.374. The third-order valence-electron chi connectivity index (χ3n) is 1.99. The summed E-state index contributed by atoms with van der Waals surface area (Å²) in [6.45, 7) is 7.02. The van der Waals surface area contributed by atoms with Gasteiger partial charge in [-0.2, -0.15) is 0 Å². The maximum atomic E-state index is 10.4. The number of hydrogen-bond acceptors (Lipinski definition) is 2. The standard InChI is InChI=1S/C13H17NO2/c1-3-6-12(14)8-5-7-11(4-2)9-10-13(15)16/h4,6-7,14H,1-2,5,8-10H2,(H,15,16). The molecule has 2 N–H and O–H groups in total. The van der Waals surface area contributed by atoms with Gasteiger partial charge in [-0.1, -0.05) is 30.9 Å². The van der Waals surface area contributed by atoms with Gasteiger partial charge in [0.1, 0.15) is 0 Å². The van der Waals surface area contributed by atoms with E-state index in [1.54, 1.807) is 6.08 Å². The number of allylic oxidation sites excluding steroid dienone is 4. The number of rotatable bonds is 8. The fourth-order valence-corrected chi connectivity index (χ4v) is 1.15. The number of carboxylic acid groups (broad SMARTS) is 1. The molecular weight excluding hydrogens is 202 g/mol. The van der Waals surface area contributed by atoms with Crippen LogP contribution >= 0.6 is 0 Å². The molecule has 0 spiro atoms. The van der Waals surface area contributed by atoms with Crippen LogP contribution in [0.4, 0.5) is 0 Å². The highest BCUT2D eigenvalue weighted by Crippen LogP contribution is 2.08. The Morgan fingerprint density at radius 2 is 2.06 bits per heavy atom. The van der Waals surface area contributed by atoms with E-state index in [2.05, 4.69) is 18.9 Å². The Hall–Kier alpha value is -1.86. The summed E-state index contributed by atoms with van der Waals surface area (Å²) in [5, 5.41) is 16.0. The van der Waals surface area contributed by atoms with Gasteiger partial charge in [-0.3, -0.25) is 4.79 Å². The summed E-state index contributed by atoms with van der Waals surface area (Å²) in [4.78, 5) is 10.4. The Labute approximate surface area is 96.0 Å². The second kappa shape index (κ2) is 8.45. The van der Waals surface area contributed by atoms with Crippen molar-refractivity contribution in [1.29, 1.82) is 5.41 Å². The lowest BCUT2D eigenvalue weighted by atomic mass is 10.1. The smallest absolute Gasteiger partial charge is 0.303 e. The van der Waals surface area contributed by atoms with Crippen molar-refractivity contribution in [2.75, 3.05) is 0 Å². The monoisotopic (exact) mass is 219 g/mol. The molecule has 0 fully saturated rings. The Balaban J connectivity index is 4.06. The molecule has 3 nitrogen and oxygen atoms in total. The minimum atomic E-state index is -0.810. The van der Waals surface area contributed by atoms with Crippen molar-refractivity contribution < 1.29 is 9.90 Å². The van der Waals surface area contributed by atoms with E-state index in [1.807, 2.05) is 6.08 Å². The highest BCUT2D eigenvalue weighted by molar-refractivity contribution is 5.92.